The van der Waals surface area contributed by atoms with Crippen molar-refractivity contribution in [1.82, 2.24) is 0 Å². The molecule has 0 atom stereocenters. The van der Waals surface area contributed by atoms with Gasteiger partial charge in [0.2, 0.25) is 0 Å². The first-order valence-corrected chi connectivity index (χ1v) is 11.2. The molecule has 0 N–H and O–H groups in total. The molecule has 158 valence electrons. The summed E-state index contributed by atoms with van der Waals surface area (Å²) in [4.78, 5) is 0. The Hall–Kier alpha value is -1.76. The van der Waals surface area contributed by atoms with Gasteiger partial charge in [0.05, 0.1) is 6.67 Å². The topological polar surface area (TPSA) is 23.8 Å². The maximum absolute atomic E-state index is 13.9. The Balaban J connectivity index is 1.39. The molecule has 0 unspecified atom stereocenters. The maximum Gasteiger partial charge on any atom is 0.144 e. The normalized spacial score (nSPS) is 27.8. The molecule has 0 spiro atoms. The van der Waals surface area contributed by atoms with E-state index in [0.717, 1.165) is 37.5 Å². The Kier molecular flexibility index (Phi) is 8.21. The molecule has 4 heteroatoms. The number of rotatable bonds is 7. The summed E-state index contributed by atoms with van der Waals surface area (Å²) in [6, 6.07) is 4.30. The van der Waals surface area contributed by atoms with Crippen LogP contribution in [0.3, 0.4) is 0 Å². The van der Waals surface area contributed by atoms with Crippen LogP contribution < -0.4 is 0 Å². The van der Waals surface area contributed by atoms with Crippen LogP contribution in [0.4, 0.5) is 13.2 Å². The summed E-state index contributed by atoms with van der Waals surface area (Å²) in [6.07, 6.45) is 16.5. The van der Waals surface area contributed by atoms with E-state index in [1.165, 1.54) is 50.7 Å². The van der Waals surface area contributed by atoms with Crippen LogP contribution >= 0.6 is 0 Å². The number of nitrogens with zero attached hydrogens (tertiary/aromatic N) is 1. The summed E-state index contributed by atoms with van der Waals surface area (Å²) in [7, 11) is 0. The molecule has 1 aromatic rings. The van der Waals surface area contributed by atoms with E-state index in [2.05, 4.69) is 6.08 Å². The van der Waals surface area contributed by atoms with Crippen LogP contribution in [-0.4, -0.2) is 6.67 Å². The summed E-state index contributed by atoms with van der Waals surface area (Å²) in [5.74, 6) is 0.914. The predicted octanol–water partition coefficient (Wildman–Crippen LogP) is 7.61. The minimum absolute atomic E-state index is 0.203. The van der Waals surface area contributed by atoms with Gasteiger partial charge >= 0.3 is 0 Å². The van der Waals surface area contributed by atoms with Crippen molar-refractivity contribution in [3.05, 3.63) is 47.0 Å². The van der Waals surface area contributed by atoms with Gasteiger partial charge in [-0.25, -0.2) is 8.78 Å². The number of nitriles is 1. The molecule has 0 aliphatic heterocycles. The van der Waals surface area contributed by atoms with Gasteiger partial charge in [0.15, 0.2) is 0 Å². The Morgan fingerprint density at radius 2 is 1.45 bits per heavy atom. The Bertz CT molecular complexity index is 697. The van der Waals surface area contributed by atoms with Crippen molar-refractivity contribution in [2.45, 2.75) is 76.5 Å². The van der Waals surface area contributed by atoms with Crippen LogP contribution in [0.25, 0.3) is 0 Å². The molecule has 1 aromatic carbocycles. The molecule has 0 bridgehead atoms. The zero-order chi connectivity index (χ0) is 20.6. The maximum atomic E-state index is 13.9. The van der Waals surface area contributed by atoms with Crippen molar-refractivity contribution in [2.75, 3.05) is 6.67 Å². The summed E-state index contributed by atoms with van der Waals surface area (Å²) in [5.41, 5.74) is 0.228. The number of allylic oxidation sites excluding steroid dienone is 2. The van der Waals surface area contributed by atoms with Gasteiger partial charge in [-0.2, -0.15) is 5.26 Å². The molecule has 2 fully saturated rings. The Labute approximate surface area is 173 Å². The highest BCUT2D eigenvalue weighted by Crippen LogP contribution is 2.40. The van der Waals surface area contributed by atoms with Crippen molar-refractivity contribution in [2.24, 2.45) is 17.8 Å². The third kappa shape index (κ3) is 6.11. The van der Waals surface area contributed by atoms with Crippen LogP contribution in [0, 0.1) is 40.7 Å². The zero-order valence-electron chi connectivity index (χ0n) is 17.2. The van der Waals surface area contributed by atoms with Crippen molar-refractivity contribution in [3.8, 4) is 6.07 Å². The van der Waals surface area contributed by atoms with Gasteiger partial charge in [0, 0.05) is 0 Å². The molecule has 29 heavy (non-hydrogen) atoms. The summed E-state index contributed by atoms with van der Waals surface area (Å²) in [5, 5.41) is 8.82. The van der Waals surface area contributed by atoms with E-state index in [9.17, 15) is 13.2 Å². The SMILES string of the molecule is N#Cc1c(F)cc(C2CCC(CCC3CCC(/C=C/CCF)CC3)CC2)cc1F. The molecule has 0 radical (unpaired) electrons. The highest BCUT2D eigenvalue weighted by atomic mass is 19.1. The number of hydrogen-bond acceptors (Lipinski definition) is 1. The molecular formula is C25H32F3N. The second-order valence-corrected chi connectivity index (χ2v) is 8.95. The van der Waals surface area contributed by atoms with E-state index < -0.39 is 17.2 Å². The zero-order valence-corrected chi connectivity index (χ0v) is 17.2. The van der Waals surface area contributed by atoms with Gasteiger partial charge in [-0.15, -0.1) is 0 Å². The Morgan fingerprint density at radius 1 is 0.897 bits per heavy atom. The monoisotopic (exact) mass is 403 g/mol. The molecule has 1 nitrogen and oxygen atoms in total. The quantitative estimate of drug-likeness (QED) is 0.430. The van der Waals surface area contributed by atoms with Gasteiger partial charge in [0.25, 0.3) is 0 Å². The van der Waals surface area contributed by atoms with Crippen molar-refractivity contribution in [1.29, 1.82) is 5.26 Å². The van der Waals surface area contributed by atoms with E-state index in [-0.39, 0.29) is 12.6 Å². The first-order valence-electron chi connectivity index (χ1n) is 11.2. The first kappa shape index (κ1) is 21.9. The lowest BCUT2D eigenvalue weighted by molar-refractivity contribution is 0.246. The molecule has 2 saturated carbocycles. The fourth-order valence-electron chi connectivity index (χ4n) is 5.21. The van der Waals surface area contributed by atoms with E-state index in [1.54, 1.807) is 6.07 Å². The molecular weight excluding hydrogens is 371 g/mol. The highest BCUT2D eigenvalue weighted by molar-refractivity contribution is 5.36. The summed E-state index contributed by atoms with van der Waals surface area (Å²) in [6.45, 7) is -0.261. The third-order valence-electron chi connectivity index (χ3n) is 7.05. The lowest BCUT2D eigenvalue weighted by Gasteiger charge is -2.31. The fourth-order valence-corrected chi connectivity index (χ4v) is 5.21. The standard InChI is InChI=1S/C25H32F3N/c26-14-2-1-3-18-4-6-19(7-5-18)8-9-20-10-12-21(13-11-20)22-15-24(27)23(17-29)25(28)16-22/h1,3,15-16,18-21H,2,4-14H2/b3-1+. The fraction of sp³-hybridized carbons (Fsp3) is 0.640. The van der Waals surface area contributed by atoms with Gasteiger partial charge in [-0.05, 0) is 99.2 Å². The molecule has 0 amide bonds. The average molecular weight is 404 g/mol. The van der Waals surface area contributed by atoms with Crippen molar-refractivity contribution in [3.63, 3.8) is 0 Å². The molecule has 2 aliphatic rings. The van der Waals surface area contributed by atoms with E-state index in [0.29, 0.717) is 17.9 Å². The molecule has 0 aromatic heterocycles. The van der Waals surface area contributed by atoms with Crippen LogP contribution in [0.1, 0.15) is 87.7 Å². The third-order valence-corrected chi connectivity index (χ3v) is 7.05. The minimum Gasteiger partial charge on any atom is -0.251 e. The predicted molar refractivity (Wildman–Crippen MR) is 110 cm³/mol. The van der Waals surface area contributed by atoms with Gasteiger partial charge in [0.1, 0.15) is 23.3 Å². The van der Waals surface area contributed by atoms with Gasteiger partial charge < -0.3 is 0 Å². The van der Waals surface area contributed by atoms with Gasteiger partial charge in [-0.1, -0.05) is 25.0 Å². The minimum atomic E-state index is -0.736. The van der Waals surface area contributed by atoms with Crippen LogP contribution in [0.2, 0.25) is 0 Å². The average Bonchev–Trinajstić information content (AvgIpc) is 2.73. The number of benzene rings is 1. The number of hydrogen-bond donors (Lipinski definition) is 0. The number of halogens is 3. The lowest BCUT2D eigenvalue weighted by atomic mass is 9.74. The van der Waals surface area contributed by atoms with E-state index in [4.69, 9.17) is 5.26 Å². The Morgan fingerprint density at radius 3 is 1.97 bits per heavy atom. The molecule has 3 rings (SSSR count). The van der Waals surface area contributed by atoms with Crippen LogP contribution in [0.15, 0.2) is 24.3 Å². The van der Waals surface area contributed by atoms with Gasteiger partial charge in [-0.3, -0.25) is 4.39 Å². The van der Waals surface area contributed by atoms with Crippen LogP contribution in [-0.2, 0) is 0 Å². The van der Waals surface area contributed by atoms with E-state index >= 15 is 0 Å². The molecule has 0 heterocycles. The van der Waals surface area contributed by atoms with Crippen molar-refractivity contribution < 1.29 is 13.2 Å². The molecule has 0 saturated heterocycles. The largest absolute Gasteiger partial charge is 0.251 e. The molecule has 2 aliphatic carbocycles. The second kappa shape index (κ2) is 10.9. The second-order valence-electron chi connectivity index (χ2n) is 8.95. The first-order chi connectivity index (χ1) is 14.1. The lowest BCUT2D eigenvalue weighted by Crippen LogP contribution is -2.17. The van der Waals surface area contributed by atoms with Crippen LogP contribution in [0.5, 0.6) is 0 Å². The number of alkyl halides is 1. The summed E-state index contributed by atoms with van der Waals surface area (Å²) >= 11 is 0. The smallest absolute Gasteiger partial charge is 0.144 e. The van der Waals surface area contributed by atoms with Crippen molar-refractivity contribution >= 4 is 0 Å². The van der Waals surface area contributed by atoms with E-state index in [1.807, 2.05) is 6.08 Å². The summed E-state index contributed by atoms with van der Waals surface area (Å²) < 4.78 is 40.0. The highest BCUT2D eigenvalue weighted by Gasteiger charge is 2.26.